The summed E-state index contributed by atoms with van der Waals surface area (Å²) in [4.78, 5) is 28.1. The Kier molecular flexibility index (Phi) is 7.60. The predicted octanol–water partition coefficient (Wildman–Crippen LogP) is 6.73. The minimum Gasteiger partial charge on any atom is -0.371 e. The summed E-state index contributed by atoms with van der Waals surface area (Å²) in [6.45, 7) is 3.74. The van der Waals surface area contributed by atoms with Gasteiger partial charge in [0.1, 0.15) is 0 Å². The van der Waals surface area contributed by atoms with Gasteiger partial charge < -0.3 is 20.9 Å². The van der Waals surface area contributed by atoms with Crippen LogP contribution in [0.2, 0.25) is 10.0 Å². The Morgan fingerprint density at radius 3 is 2.24 bits per heavy atom. The van der Waals surface area contributed by atoms with Crippen LogP contribution in [-0.2, 0) is 0 Å². The lowest BCUT2D eigenvalue weighted by molar-refractivity contribution is 0.0940. The minimum absolute atomic E-state index is 0.164. The summed E-state index contributed by atoms with van der Waals surface area (Å²) >= 11 is 12.3. The van der Waals surface area contributed by atoms with Crippen LogP contribution in [0.4, 0.5) is 21.9 Å². The third-order valence-electron chi connectivity index (χ3n) is 5.79. The Labute approximate surface area is 209 Å². The second-order valence-electron chi connectivity index (χ2n) is 8.21. The molecule has 0 spiro atoms. The van der Waals surface area contributed by atoms with E-state index in [2.05, 4.69) is 20.9 Å². The van der Waals surface area contributed by atoms with Gasteiger partial charge in [-0.1, -0.05) is 59.6 Å². The maximum absolute atomic E-state index is 13.3. The molecule has 1 aliphatic rings. The zero-order valence-corrected chi connectivity index (χ0v) is 20.3. The Hall–Kier alpha value is -3.22. The molecule has 0 saturated carbocycles. The standard InChI is InChI=1S/C26H26Cl2N4O2/c1-17(18-8-3-2-4-9-18)29-25(33)20-16-19(12-13-23(20)32-14-5-6-15-32)30-26(34)31-24-21(27)10-7-11-22(24)28/h2-4,7-13,16-17H,5-6,14-15H2,1H3,(H,29,33)(H2,30,31,34). The number of hydrogen-bond donors (Lipinski definition) is 3. The lowest BCUT2D eigenvalue weighted by Gasteiger charge is -2.23. The summed E-state index contributed by atoms with van der Waals surface area (Å²) in [6, 6.07) is 19.5. The fraction of sp³-hybridized carbons (Fsp3) is 0.231. The molecule has 3 N–H and O–H groups in total. The van der Waals surface area contributed by atoms with E-state index in [0.29, 0.717) is 27.0 Å². The largest absolute Gasteiger partial charge is 0.371 e. The summed E-state index contributed by atoms with van der Waals surface area (Å²) in [7, 11) is 0. The fourth-order valence-electron chi connectivity index (χ4n) is 4.02. The van der Waals surface area contributed by atoms with Gasteiger partial charge in [0, 0.05) is 24.5 Å². The number of nitrogens with zero attached hydrogens (tertiary/aromatic N) is 1. The number of urea groups is 1. The van der Waals surface area contributed by atoms with Crippen LogP contribution in [-0.4, -0.2) is 25.0 Å². The molecule has 1 fully saturated rings. The molecule has 3 amide bonds. The van der Waals surface area contributed by atoms with E-state index in [4.69, 9.17) is 23.2 Å². The highest BCUT2D eigenvalue weighted by Gasteiger charge is 2.22. The molecule has 1 unspecified atom stereocenters. The topological polar surface area (TPSA) is 73.5 Å². The lowest BCUT2D eigenvalue weighted by atomic mass is 10.1. The van der Waals surface area contributed by atoms with E-state index in [-0.39, 0.29) is 11.9 Å². The van der Waals surface area contributed by atoms with Gasteiger partial charge in [0.25, 0.3) is 5.91 Å². The highest BCUT2D eigenvalue weighted by molar-refractivity contribution is 6.39. The molecule has 176 valence electrons. The molecule has 1 aliphatic heterocycles. The van der Waals surface area contributed by atoms with Crippen molar-refractivity contribution in [3.05, 3.63) is 87.9 Å². The zero-order chi connectivity index (χ0) is 24.1. The van der Waals surface area contributed by atoms with E-state index in [1.165, 1.54) is 0 Å². The quantitative estimate of drug-likeness (QED) is 0.354. The monoisotopic (exact) mass is 496 g/mol. The molecule has 34 heavy (non-hydrogen) atoms. The van der Waals surface area contributed by atoms with Gasteiger partial charge >= 0.3 is 6.03 Å². The third-order valence-corrected chi connectivity index (χ3v) is 6.42. The van der Waals surface area contributed by atoms with Gasteiger partial charge in [-0.3, -0.25) is 4.79 Å². The van der Waals surface area contributed by atoms with Crippen LogP contribution < -0.4 is 20.9 Å². The van der Waals surface area contributed by atoms with Crippen LogP contribution in [0.15, 0.2) is 66.7 Å². The number of para-hydroxylation sites is 1. The van der Waals surface area contributed by atoms with E-state index < -0.39 is 6.03 Å². The molecule has 0 radical (unpaired) electrons. The molecule has 0 aromatic heterocycles. The molecule has 6 nitrogen and oxygen atoms in total. The molecular weight excluding hydrogens is 471 g/mol. The molecule has 3 aromatic rings. The number of hydrogen-bond acceptors (Lipinski definition) is 3. The number of rotatable bonds is 6. The summed E-state index contributed by atoms with van der Waals surface area (Å²) in [5.41, 5.74) is 3.20. The number of anilines is 3. The molecule has 0 bridgehead atoms. The predicted molar refractivity (Wildman–Crippen MR) is 139 cm³/mol. The third kappa shape index (κ3) is 5.64. The van der Waals surface area contributed by atoms with E-state index >= 15 is 0 Å². The summed E-state index contributed by atoms with van der Waals surface area (Å²) in [5, 5.41) is 9.20. The normalized spacial score (nSPS) is 13.9. The average molecular weight is 497 g/mol. The van der Waals surface area contributed by atoms with Crippen LogP contribution in [0.3, 0.4) is 0 Å². The first-order chi connectivity index (χ1) is 16.4. The first-order valence-electron chi connectivity index (χ1n) is 11.2. The van der Waals surface area contributed by atoms with Crippen molar-refractivity contribution in [2.24, 2.45) is 0 Å². The smallest absolute Gasteiger partial charge is 0.323 e. The Bertz CT molecular complexity index is 1160. The van der Waals surface area contributed by atoms with Gasteiger partial charge in [0.05, 0.1) is 27.3 Å². The molecule has 4 rings (SSSR count). The molecule has 1 heterocycles. The van der Waals surface area contributed by atoms with E-state index in [9.17, 15) is 9.59 Å². The summed E-state index contributed by atoms with van der Waals surface area (Å²) in [5.74, 6) is -0.198. The number of carbonyl (C=O) groups is 2. The minimum atomic E-state index is -0.507. The SMILES string of the molecule is CC(NC(=O)c1cc(NC(=O)Nc2c(Cl)cccc2Cl)ccc1N1CCCC1)c1ccccc1. The lowest BCUT2D eigenvalue weighted by Crippen LogP contribution is -2.30. The second kappa shape index (κ2) is 10.8. The first-order valence-corrected chi connectivity index (χ1v) is 11.9. The number of benzene rings is 3. The molecule has 3 aromatic carbocycles. The van der Waals surface area contributed by atoms with Crippen molar-refractivity contribution >= 4 is 52.2 Å². The molecule has 1 saturated heterocycles. The Morgan fingerprint density at radius 2 is 1.56 bits per heavy atom. The van der Waals surface area contributed by atoms with Crippen LogP contribution >= 0.6 is 23.2 Å². The number of carbonyl (C=O) groups excluding carboxylic acids is 2. The van der Waals surface area contributed by atoms with Crippen LogP contribution in [0, 0.1) is 0 Å². The number of nitrogens with one attached hydrogen (secondary N) is 3. The van der Waals surface area contributed by atoms with Crippen molar-refractivity contribution < 1.29 is 9.59 Å². The van der Waals surface area contributed by atoms with Crippen molar-refractivity contribution in [2.45, 2.75) is 25.8 Å². The van der Waals surface area contributed by atoms with E-state index in [0.717, 1.165) is 37.2 Å². The molecule has 1 atom stereocenters. The van der Waals surface area contributed by atoms with Crippen molar-refractivity contribution in [1.82, 2.24) is 5.32 Å². The van der Waals surface area contributed by atoms with Gasteiger partial charge in [-0.05, 0) is 55.7 Å². The summed E-state index contributed by atoms with van der Waals surface area (Å²) < 4.78 is 0. The van der Waals surface area contributed by atoms with E-state index in [1.54, 1.807) is 30.3 Å². The Morgan fingerprint density at radius 1 is 0.882 bits per heavy atom. The molecule has 8 heteroatoms. The number of amides is 3. The van der Waals surface area contributed by atoms with Gasteiger partial charge in [-0.2, -0.15) is 0 Å². The maximum Gasteiger partial charge on any atom is 0.323 e. The van der Waals surface area contributed by atoms with Gasteiger partial charge in [0.2, 0.25) is 0 Å². The van der Waals surface area contributed by atoms with Crippen LogP contribution in [0.1, 0.15) is 41.7 Å². The van der Waals surface area contributed by atoms with Gasteiger partial charge in [-0.25, -0.2) is 4.79 Å². The number of halogens is 2. The first kappa shape index (κ1) is 23.9. The van der Waals surface area contributed by atoms with E-state index in [1.807, 2.05) is 43.3 Å². The molecule has 0 aliphatic carbocycles. The van der Waals surface area contributed by atoms with Gasteiger partial charge in [0.15, 0.2) is 0 Å². The molecular formula is C26H26Cl2N4O2. The van der Waals surface area contributed by atoms with Crippen molar-refractivity contribution in [2.75, 3.05) is 28.6 Å². The van der Waals surface area contributed by atoms with Gasteiger partial charge in [-0.15, -0.1) is 0 Å². The van der Waals surface area contributed by atoms with Crippen LogP contribution in [0.5, 0.6) is 0 Å². The fourth-order valence-corrected chi connectivity index (χ4v) is 4.51. The summed E-state index contributed by atoms with van der Waals surface area (Å²) in [6.07, 6.45) is 2.17. The van der Waals surface area contributed by atoms with Crippen LogP contribution in [0.25, 0.3) is 0 Å². The van der Waals surface area contributed by atoms with Crippen molar-refractivity contribution in [3.63, 3.8) is 0 Å². The second-order valence-corrected chi connectivity index (χ2v) is 9.02. The Balaban J connectivity index is 1.55. The highest BCUT2D eigenvalue weighted by Crippen LogP contribution is 2.31. The maximum atomic E-state index is 13.3. The highest BCUT2D eigenvalue weighted by atomic mass is 35.5. The zero-order valence-electron chi connectivity index (χ0n) is 18.8. The van der Waals surface area contributed by atoms with Crippen molar-refractivity contribution in [1.29, 1.82) is 0 Å². The van der Waals surface area contributed by atoms with Crippen molar-refractivity contribution in [3.8, 4) is 0 Å². The average Bonchev–Trinajstić information content (AvgIpc) is 3.37.